The van der Waals surface area contributed by atoms with Gasteiger partial charge in [0, 0.05) is 44.9 Å². The lowest BCUT2D eigenvalue weighted by atomic mass is 10.0. The van der Waals surface area contributed by atoms with Crippen molar-refractivity contribution in [2.75, 3.05) is 44.3 Å². The second-order valence-electron chi connectivity index (χ2n) is 6.44. The summed E-state index contributed by atoms with van der Waals surface area (Å²) in [4.78, 5) is 9.72. The average Bonchev–Trinajstić information content (AvgIpc) is 2.89. The number of anilines is 1. The first-order valence-corrected chi connectivity index (χ1v) is 8.55. The number of ether oxygens (including phenoxy) is 1. The Morgan fingerprint density at radius 3 is 2.87 bits per heavy atom. The first-order chi connectivity index (χ1) is 11.3. The van der Waals surface area contributed by atoms with Crippen LogP contribution in [0.4, 0.5) is 5.82 Å². The number of hydrogen-bond acceptors (Lipinski definition) is 6. The molecule has 0 aromatic carbocycles. The first kappa shape index (κ1) is 14.8. The van der Waals surface area contributed by atoms with Crippen molar-refractivity contribution >= 4 is 11.5 Å². The maximum absolute atomic E-state index is 5.58. The molecular formula is C16H24N6O. The van der Waals surface area contributed by atoms with E-state index in [0.29, 0.717) is 6.04 Å². The number of nitrogens with zero attached hydrogens (tertiary/aromatic N) is 6. The second-order valence-corrected chi connectivity index (χ2v) is 6.44. The third-order valence-corrected chi connectivity index (χ3v) is 5.02. The quantitative estimate of drug-likeness (QED) is 0.828. The molecule has 2 fully saturated rings. The number of fused-ring (bicyclic) bond motifs is 1. The van der Waals surface area contributed by atoms with Crippen molar-refractivity contribution in [3.63, 3.8) is 0 Å². The predicted molar refractivity (Wildman–Crippen MR) is 87.8 cm³/mol. The van der Waals surface area contributed by atoms with Gasteiger partial charge in [-0.05, 0) is 26.2 Å². The van der Waals surface area contributed by atoms with E-state index in [4.69, 9.17) is 9.72 Å². The lowest BCUT2D eigenvalue weighted by molar-refractivity contribution is 0.125. The molecule has 0 atom stereocenters. The van der Waals surface area contributed by atoms with E-state index < -0.39 is 0 Å². The van der Waals surface area contributed by atoms with E-state index in [2.05, 4.69) is 20.0 Å². The maximum Gasteiger partial charge on any atom is 0.165 e. The van der Waals surface area contributed by atoms with Gasteiger partial charge in [-0.15, -0.1) is 10.2 Å². The molecule has 0 radical (unpaired) electrons. The van der Waals surface area contributed by atoms with Gasteiger partial charge >= 0.3 is 0 Å². The van der Waals surface area contributed by atoms with Crippen LogP contribution in [0.5, 0.6) is 0 Å². The molecule has 2 aromatic heterocycles. The van der Waals surface area contributed by atoms with Crippen LogP contribution in [0.15, 0.2) is 12.4 Å². The Bertz CT molecular complexity index is 656. The molecule has 0 aliphatic carbocycles. The summed E-state index contributed by atoms with van der Waals surface area (Å²) in [6.07, 6.45) is 5.26. The Balaban J connectivity index is 1.43. The molecule has 4 heterocycles. The summed E-state index contributed by atoms with van der Waals surface area (Å²) in [5.41, 5.74) is 0.874. The van der Waals surface area contributed by atoms with Crippen molar-refractivity contribution in [1.29, 1.82) is 0 Å². The van der Waals surface area contributed by atoms with E-state index in [1.807, 2.05) is 17.4 Å². The molecule has 0 spiro atoms. The van der Waals surface area contributed by atoms with Gasteiger partial charge in [-0.25, -0.2) is 4.98 Å². The van der Waals surface area contributed by atoms with Crippen LogP contribution in [0.1, 0.15) is 25.1 Å². The number of piperidine rings is 1. The van der Waals surface area contributed by atoms with Crippen LogP contribution in [0, 0.1) is 6.92 Å². The number of aryl methyl sites for hydroxylation is 1. The summed E-state index contributed by atoms with van der Waals surface area (Å²) in [6, 6.07) is 2.73. The fraction of sp³-hybridized carbons (Fsp3) is 0.688. The summed E-state index contributed by atoms with van der Waals surface area (Å²) in [6.45, 7) is 8.16. The Morgan fingerprint density at radius 2 is 2.00 bits per heavy atom. The minimum atomic E-state index is 0.686. The van der Waals surface area contributed by atoms with Crippen molar-refractivity contribution in [3.8, 4) is 0 Å². The summed E-state index contributed by atoms with van der Waals surface area (Å²) in [5, 5.41) is 8.12. The Morgan fingerprint density at radius 1 is 1.13 bits per heavy atom. The van der Waals surface area contributed by atoms with Gasteiger partial charge in [0.15, 0.2) is 5.65 Å². The van der Waals surface area contributed by atoms with Crippen LogP contribution in [0.2, 0.25) is 0 Å². The van der Waals surface area contributed by atoms with Gasteiger partial charge in [0.1, 0.15) is 18.0 Å². The van der Waals surface area contributed by atoms with E-state index in [1.54, 1.807) is 6.33 Å². The largest absolute Gasteiger partial charge is 0.380 e. The van der Waals surface area contributed by atoms with Crippen molar-refractivity contribution in [2.24, 2.45) is 0 Å². The van der Waals surface area contributed by atoms with E-state index in [9.17, 15) is 0 Å². The summed E-state index contributed by atoms with van der Waals surface area (Å²) >= 11 is 0. The highest BCUT2D eigenvalue weighted by Gasteiger charge is 2.26. The fourth-order valence-corrected chi connectivity index (χ4v) is 3.71. The molecule has 23 heavy (non-hydrogen) atoms. The normalized spacial score (nSPS) is 21.7. The van der Waals surface area contributed by atoms with Gasteiger partial charge in [0.05, 0.1) is 6.61 Å². The molecule has 2 aliphatic heterocycles. The van der Waals surface area contributed by atoms with Crippen LogP contribution < -0.4 is 4.90 Å². The van der Waals surface area contributed by atoms with Gasteiger partial charge < -0.3 is 9.64 Å². The Labute approximate surface area is 136 Å². The highest BCUT2D eigenvalue weighted by atomic mass is 16.5. The maximum atomic E-state index is 5.58. The molecule has 0 bridgehead atoms. The van der Waals surface area contributed by atoms with Gasteiger partial charge in [0.2, 0.25) is 0 Å². The number of aromatic nitrogens is 4. The minimum Gasteiger partial charge on any atom is -0.380 e. The smallest absolute Gasteiger partial charge is 0.165 e. The van der Waals surface area contributed by atoms with Gasteiger partial charge in [0.25, 0.3) is 0 Å². The van der Waals surface area contributed by atoms with Crippen molar-refractivity contribution < 1.29 is 4.74 Å². The highest BCUT2D eigenvalue weighted by molar-refractivity contribution is 5.51. The monoisotopic (exact) mass is 316 g/mol. The number of hydrogen-bond donors (Lipinski definition) is 0. The molecule has 7 heteroatoms. The van der Waals surface area contributed by atoms with Gasteiger partial charge in [-0.2, -0.15) is 0 Å². The molecule has 2 saturated heterocycles. The lowest BCUT2D eigenvalue weighted by Gasteiger charge is -2.38. The SMILES string of the molecule is Cc1nc(N2CCC(N3CCCOCC3)CC2)cc2nncn12. The second kappa shape index (κ2) is 6.41. The topological polar surface area (TPSA) is 58.8 Å². The van der Waals surface area contributed by atoms with Crippen LogP contribution in [0.25, 0.3) is 5.65 Å². The lowest BCUT2D eigenvalue weighted by Crippen LogP contribution is -2.46. The average molecular weight is 316 g/mol. The van der Waals surface area contributed by atoms with Crippen LogP contribution in [-0.2, 0) is 4.74 Å². The van der Waals surface area contributed by atoms with Crippen LogP contribution >= 0.6 is 0 Å². The molecule has 2 aliphatic rings. The zero-order chi connectivity index (χ0) is 15.6. The van der Waals surface area contributed by atoms with E-state index in [0.717, 1.165) is 56.6 Å². The third kappa shape index (κ3) is 3.03. The van der Waals surface area contributed by atoms with E-state index >= 15 is 0 Å². The third-order valence-electron chi connectivity index (χ3n) is 5.02. The molecule has 0 N–H and O–H groups in total. The number of rotatable bonds is 2. The predicted octanol–water partition coefficient (Wildman–Crippen LogP) is 1.12. The van der Waals surface area contributed by atoms with E-state index in [-0.39, 0.29) is 0 Å². The highest BCUT2D eigenvalue weighted by Crippen LogP contribution is 2.23. The zero-order valence-corrected chi connectivity index (χ0v) is 13.7. The zero-order valence-electron chi connectivity index (χ0n) is 13.7. The molecule has 7 nitrogen and oxygen atoms in total. The fourth-order valence-electron chi connectivity index (χ4n) is 3.71. The molecule has 124 valence electrons. The minimum absolute atomic E-state index is 0.686. The van der Waals surface area contributed by atoms with Gasteiger partial charge in [-0.3, -0.25) is 9.30 Å². The first-order valence-electron chi connectivity index (χ1n) is 8.55. The summed E-state index contributed by atoms with van der Waals surface area (Å²) in [5.74, 6) is 1.97. The van der Waals surface area contributed by atoms with Crippen molar-refractivity contribution in [1.82, 2.24) is 24.5 Å². The molecule has 0 unspecified atom stereocenters. The summed E-state index contributed by atoms with van der Waals surface area (Å²) in [7, 11) is 0. The molecular weight excluding hydrogens is 292 g/mol. The molecule has 4 rings (SSSR count). The van der Waals surface area contributed by atoms with Crippen LogP contribution in [0.3, 0.4) is 0 Å². The van der Waals surface area contributed by atoms with Crippen LogP contribution in [-0.4, -0.2) is 69.9 Å². The van der Waals surface area contributed by atoms with Gasteiger partial charge in [-0.1, -0.05) is 0 Å². The van der Waals surface area contributed by atoms with Crippen molar-refractivity contribution in [3.05, 3.63) is 18.2 Å². The Hall–Kier alpha value is -1.73. The summed E-state index contributed by atoms with van der Waals surface area (Å²) < 4.78 is 7.50. The van der Waals surface area contributed by atoms with E-state index in [1.165, 1.54) is 19.4 Å². The molecule has 0 saturated carbocycles. The van der Waals surface area contributed by atoms with Crippen molar-refractivity contribution in [2.45, 2.75) is 32.2 Å². The molecule has 0 amide bonds. The standard InChI is InChI=1S/C16H24N6O/c1-13-18-15(11-16-19-17-12-22(13)16)21-6-3-14(4-7-21)20-5-2-9-23-10-8-20/h11-12,14H,2-10H2,1H3. The molecule has 2 aromatic rings. The Kier molecular flexibility index (Phi) is 4.13.